The summed E-state index contributed by atoms with van der Waals surface area (Å²) in [6.45, 7) is 2.00. The Morgan fingerprint density at radius 3 is 2.05 bits per heavy atom. The molecule has 0 aliphatic heterocycles. The topological polar surface area (TPSA) is 90.6 Å². The third-order valence-electron chi connectivity index (χ3n) is 5.93. The molecule has 2 heterocycles. The average molecular weight is 551 g/mol. The van der Waals surface area contributed by atoms with Crippen LogP contribution in [0.25, 0.3) is 26.6 Å². The van der Waals surface area contributed by atoms with Crippen molar-refractivity contribution in [2.45, 2.75) is 6.92 Å². The van der Waals surface area contributed by atoms with Gasteiger partial charge in [-0.25, -0.2) is 9.59 Å². The maximum atomic E-state index is 12.5. The maximum absolute atomic E-state index is 12.5. The molecule has 192 valence electrons. The van der Waals surface area contributed by atoms with Crippen molar-refractivity contribution in [1.29, 1.82) is 5.26 Å². The summed E-state index contributed by atoms with van der Waals surface area (Å²) in [6.07, 6.45) is 1.37. The van der Waals surface area contributed by atoms with Crippen molar-refractivity contribution in [1.82, 2.24) is 0 Å². The summed E-state index contributed by atoms with van der Waals surface area (Å²) in [7, 11) is 0. The summed E-state index contributed by atoms with van der Waals surface area (Å²) in [4.78, 5) is 28.1. The number of carbonyl (C=O) groups is 2. The standard InChI is InChI=1S/C31H22N2O4S2/c1-2-37-31(36)27-18-25-28(38-26(29(25)39-27)17-21(19-32)30(34)35)20-13-15-24(16-14-20)33(22-9-5-3-6-10-22)23-11-7-4-8-12-23/h3-18H,2H2,1H3,(H,34,35)/b21-17-. The molecule has 0 aliphatic carbocycles. The minimum atomic E-state index is -1.30. The van der Waals surface area contributed by atoms with Crippen LogP contribution in [-0.2, 0) is 9.53 Å². The van der Waals surface area contributed by atoms with E-state index in [0.717, 1.165) is 37.6 Å². The van der Waals surface area contributed by atoms with Gasteiger partial charge in [0.15, 0.2) is 0 Å². The second kappa shape index (κ2) is 11.4. The molecule has 0 fully saturated rings. The van der Waals surface area contributed by atoms with Crippen molar-refractivity contribution in [3.05, 3.63) is 106 Å². The van der Waals surface area contributed by atoms with E-state index in [1.165, 1.54) is 28.7 Å². The minimum Gasteiger partial charge on any atom is -0.477 e. The normalized spacial score (nSPS) is 11.2. The van der Waals surface area contributed by atoms with Gasteiger partial charge in [0, 0.05) is 32.2 Å². The Balaban J connectivity index is 1.61. The number of hydrogen-bond acceptors (Lipinski definition) is 7. The summed E-state index contributed by atoms with van der Waals surface area (Å²) in [5, 5.41) is 19.5. The lowest BCUT2D eigenvalue weighted by atomic mass is 10.1. The minimum absolute atomic E-state index is 0.252. The Hall–Kier alpha value is -4.71. The quantitative estimate of drug-likeness (QED) is 0.119. The molecule has 0 radical (unpaired) electrons. The summed E-state index contributed by atoms with van der Waals surface area (Å²) in [6, 6.07) is 31.8. The van der Waals surface area contributed by atoms with Crippen LogP contribution in [-0.4, -0.2) is 23.7 Å². The van der Waals surface area contributed by atoms with Crippen LogP contribution < -0.4 is 4.90 Å². The van der Waals surface area contributed by atoms with Crippen molar-refractivity contribution in [3.63, 3.8) is 0 Å². The number of hydrogen-bond donors (Lipinski definition) is 1. The number of thiophene rings is 2. The predicted molar refractivity (Wildman–Crippen MR) is 157 cm³/mol. The van der Waals surface area contributed by atoms with E-state index in [0.29, 0.717) is 9.75 Å². The Kier molecular flexibility index (Phi) is 7.55. The zero-order chi connectivity index (χ0) is 27.4. The van der Waals surface area contributed by atoms with Crippen LogP contribution >= 0.6 is 22.7 Å². The van der Waals surface area contributed by atoms with Crippen molar-refractivity contribution in [3.8, 4) is 16.5 Å². The maximum Gasteiger partial charge on any atom is 0.348 e. The number of carboxylic acid groups (broad SMARTS) is 1. The first-order valence-electron chi connectivity index (χ1n) is 12.1. The highest BCUT2D eigenvalue weighted by atomic mass is 32.1. The van der Waals surface area contributed by atoms with Crippen LogP contribution in [0, 0.1) is 11.3 Å². The molecule has 2 aromatic heterocycles. The first kappa shape index (κ1) is 25.9. The number of aliphatic carboxylic acids is 1. The van der Waals surface area contributed by atoms with Gasteiger partial charge in [-0.3, -0.25) is 0 Å². The molecule has 0 aliphatic rings. The molecule has 8 heteroatoms. The Morgan fingerprint density at radius 1 is 0.923 bits per heavy atom. The molecule has 5 aromatic rings. The van der Waals surface area contributed by atoms with Crippen LogP contribution in [0.15, 0.2) is 96.6 Å². The van der Waals surface area contributed by atoms with E-state index in [9.17, 15) is 20.0 Å². The number of anilines is 3. The van der Waals surface area contributed by atoms with E-state index >= 15 is 0 Å². The van der Waals surface area contributed by atoms with Gasteiger partial charge in [-0.1, -0.05) is 48.5 Å². The molecule has 0 spiro atoms. The van der Waals surface area contributed by atoms with Crippen LogP contribution in [0.4, 0.5) is 17.1 Å². The van der Waals surface area contributed by atoms with E-state index in [4.69, 9.17) is 4.74 Å². The molecule has 3 aromatic carbocycles. The molecule has 0 saturated heterocycles. The fourth-order valence-corrected chi connectivity index (χ4v) is 6.61. The van der Waals surface area contributed by atoms with Gasteiger partial charge in [-0.15, -0.1) is 22.7 Å². The van der Waals surface area contributed by atoms with Gasteiger partial charge in [0.05, 0.1) is 11.3 Å². The predicted octanol–water partition coefficient (Wildman–Crippen LogP) is 8.27. The number of ether oxygens (including phenoxy) is 1. The molecule has 0 bridgehead atoms. The molecule has 6 nitrogen and oxygen atoms in total. The largest absolute Gasteiger partial charge is 0.477 e. The highest BCUT2D eigenvalue weighted by molar-refractivity contribution is 7.27. The van der Waals surface area contributed by atoms with Crippen LogP contribution in [0.1, 0.15) is 21.5 Å². The number of benzene rings is 3. The first-order valence-corrected chi connectivity index (χ1v) is 13.7. The zero-order valence-corrected chi connectivity index (χ0v) is 22.5. The lowest BCUT2D eigenvalue weighted by molar-refractivity contribution is -0.132. The fourth-order valence-electron chi connectivity index (χ4n) is 4.20. The smallest absolute Gasteiger partial charge is 0.348 e. The zero-order valence-electron chi connectivity index (χ0n) is 20.8. The van der Waals surface area contributed by atoms with E-state index in [-0.39, 0.29) is 12.2 Å². The first-order chi connectivity index (χ1) is 19.0. The van der Waals surface area contributed by atoms with E-state index in [2.05, 4.69) is 29.2 Å². The van der Waals surface area contributed by atoms with Gasteiger partial charge in [0.1, 0.15) is 16.5 Å². The Bertz CT molecular complexity index is 1670. The summed E-state index contributed by atoms with van der Waals surface area (Å²) >= 11 is 2.62. The monoisotopic (exact) mass is 550 g/mol. The molecule has 5 rings (SSSR count). The number of esters is 1. The van der Waals surface area contributed by atoms with Gasteiger partial charge in [0.25, 0.3) is 0 Å². The van der Waals surface area contributed by atoms with Crippen molar-refractivity contribution < 1.29 is 19.4 Å². The van der Waals surface area contributed by atoms with E-state index < -0.39 is 11.9 Å². The summed E-state index contributed by atoms with van der Waals surface area (Å²) in [5.41, 5.74) is 3.57. The third kappa shape index (κ3) is 5.32. The van der Waals surface area contributed by atoms with E-state index in [1.807, 2.05) is 60.7 Å². The number of para-hydroxylation sites is 2. The second-order valence-corrected chi connectivity index (χ2v) is 10.5. The SMILES string of the molecule is CCOC(=O)c1cc2c(-c3ccc(N(c4ccccc4)c4ccccc4)cc3)sc(/C=C(/C#N)C(=O)O)c2s1. The van der Waals surface area contributed by atoms with Gasteiger partial charge >= 0.3 is 11.9 Å². The van der Waals surface area contributed by atoms with Crippen LogP contribution in [0.2, 0.25) is 0 Å². The van der Waals surface area contributed by atoms with Crippen molar-refractivity contribution >= 4 is 67.8 Å². The Morgan fingerprint density at radius 2 is 1.51 bits per heavy atom. The highest BCUT2D eigenvalue weighted by Crippen LogP contribution is 2.45. The molecular formula is C31H22N2O4S2. The molecule has 1 N–H and O–H groups in total. The highest BCUT2D eigenvalue weighted by Gasteiger charge is 2.21. The lowest BCUT2D eigenvalue weighted by Crippen LogP contribution is -2.09. The number of rotatable bonds is 8. The number of nitrogens with zero attached hydrogens (tertiary/aromatic N) is 2. The van der Waals surface area contributed by atoms with Gasteiger partial charge in [0.2, 0.25) is 0 Å². The number of nitriles is 1. The molecule has 0 saturated carbocycles. The molecule has 0 amide bonds. The molecular weight excluding hydrogens is 528 g/mol. The second-order valence-electron chi connectivity index (χ2n) is 8.40. The lowest BCUT2D eigenvalue weighted by Gasteiger charge is -2.25. The van der Waals surface area contributed by atoms with Crippen LogP contribution in [0.5, 0.6) is 0 Å². The van der Waals surface area contributed by atoms with Gasteiger partial charge in [-0.05, 0) is 61.0 Å². The number of fused-ring (bicyclic) bond motifs is 1. The van der Waals surface area contributed by atoms with E-state index in [1.54, 1.807) is 19.1 Å². The number of carboxylic acids is 1. The third-order valence-corrected chi connectivity index (χ3v) is 8.41. The van der Waals surface area contributed by atoms with Crippen LogP contribution in [0.3, 0.4) is 0 Å². The Labute approximate surface area is 233 Å². The van der Waals surface area contributed by atoms with Crippen molar-refractivity contribution in [2.24, 2.45) is 0 Å². The molecule has 0 atom stereocenters. The summed E-state index contributed by atoms with van der Waals surface area (Å²) in [5.74, 6) is -1.73. The fraction of sp³-hybridized carbons (Fsp3) is 0.0645. The van der Waals surface area contributed by atoms with Gasteiger partial charge < -0.3 is 14.7 Å². The summed E-state index contributed by atoms with van der Waals surface area (Å²) < 4.78 is 5.93. The molecule has 39 heavy (non-hydrogen) atoms. The van der Waals surface area contributed by atoms with Gasteiger partial charge in [-0.2, -0.15) is 5.26 Å². The average Bonchev–Trinajstić information content (AvgIpc) is 3.54. The number of carbonyl (C=O) groups excluding carboxylic acids is 1. The molecule has 0 unspecified atom stereocenters. The van der Waals surface area contributed by atoms with Crippen molar-refractivity contribution in [2.75, 3.05) is 11.5 Å².